The monoisotopic (exact) mass is 694 g/mol. The fourth-order valence-electron chi connectivity index (χ4n) is 7.19. The molecule has 6 aromatic carbocycles. The van der Waals surface area contributed by atoms with Crippen molar-refractivity contribution < 1.29 is 0 Å². The fraction of sp³-hybridized carbons (Fsp3) is 0.0600. The van der Waals surface area contributed by atoms with Gasteiger partial charge >= 0.3 is 0 Å². The summed E-state index contributed by atoms with van der Waals surface area (Å²) in [5, 5.41) is 3.25. The molecule has 0 saturated carbocycles. The number of hydrogen-bond donors (Lipinski definition) is 1. The molecule has 0 atom stereocenters. The molecule has 3 heterocycles. The zero-order valence-electron chi connectivity index (χ0n) is 29.9. The van der Waals surface area contributed by atoms with Gasteiger partial charge in [0.15, 0.2) is 5.82 Å². The van der Waals surface area contributed by atoms with E-state index < -0.39 is 0 Å². The molecule has 7 aromatic rings. The molecule has 54 heavy (non-hydrogen) atoms. The van der Waals surface area contributed by atoms with Crippen molar-refractivity contribution in [1.29, 1.82) is 0 Å². The maximum absolute atomic E-state index is 5.09. The van der Waals surface area contributed by atoms with Gasteiger partial charge in [-0.15, -0.1) is 0 Å². The Morgan fingerprint density at radius 3 is 1.50 bits per heavy atom. The van der Waals surface area contributed by atoms with Crippen LogP contribution in [0.1, 0.15) is 17.8 Å². The molecule has 0 saturated heterocycles. The third kappa shape index (κ3) is 7.10. The van der Waals surface area contributed by atoms with Crippen LogP contribution in [-0.4, -0.2) is 29.3 Å². The third-order valence-corrected chi connectivity index (χ3v) is 10.1. The zero-order chi connectivity index (χ0) is 36.1. The molecule has 2 aliphatic rings. The minimum absolute atomic E-state index is 0.718. The van der Waals surface area contributed by atoms with Crippen LogP contribution >= 0.6 is 0 Å². The van der Waals surface area contributed by atoms with Crippen LogP contribution in [0, 0.1) is 0 Å². The summed E-state index contributed by atoms with van der Waals surface area (Å²) in [7, 11) is 0. The van der Waals surface area contributed by atoms with Gasteiger partial charge in [-0.1, -0.05) is 127 Å². The molecule has 0 radical (unpaired) electrons. The SMILES string of the molecule is C1=CC(c2cc(C3=CC=NCC3)nc(-c3ccc(-c4cc(-c5cccc(-c6ccccc6)c5)cc(-c5cccc(-c6ccccc6)c5)c4)cc3)n2)=CCN1. The van der Waals surface area contributed by atoms with E-state index >= 15 is 0 Å². The van der Waals surface area contributed by atoms with E-state index in [1.165, 1.54) is 50.1 Å². The van der Waals surface area contributed by atoms with E-state index in [-0.39, 0.29) is 0 Å². The van der Waals surface area contributed by atoms with Gasteiger partial charge in [0.25, 0.3) is 0 Å². The van der Waals surface area contributed by atoms with Crippen molar-refractivity contribution in [3.05, 3.63) is 194 Å². The predicted octanol–water partition coefficient (Wildman–Crippen LogP) is 11.8. The Morgan fingerprint density at radius 2 is 0.944 bits per heavy atom. The Bertz CT molecular complexity index is 2480. The Labute approximate surface area is 316 Å². The largest absolute Gasteiger partial charge is 0.387 e. The molecular formula is C50H38N4. The summed E-state index contributed by atoms with van der Waals surface area (Å²) in [5.74, 6) is 0.718. The highest BCUT2D eigenvalue weighted by molar-refractivity contribution is 5.87. The standard InChI is InChI=1S/C50H38N4/c1-3-9-35(10-4-1)41-13-7-15-43(29-41)46-31-45(32-47(33-46)44-16-8-14-42(30-44)36-11-5-2-6-12-36)37-17-19-40(20-18-37)50-53-48(38-21-25-51-26-22-38)34-49(54-50)39-23-27-52-28-24-39/h1-23,25,27,29-34,51H,24,26,28H2. The highest BCUT2D eigenvalue weighted by Crippen LogP contribution is 2.36. The molecule has 258 valence electrons. The van der Waals surface area contributed by atoms with E-state index in [9.17, 15) is 0 Å². The van der Waals surface area contributed by atoms with Gasteiger partial charge in [0.1, 0.15) is 0 Å². The normalized spacial score (nSPS) is 13.6. The number of nitrogens with one attached hydrogen (secondary N) is 1. The van der Waals surface area contributed by atoms with Gasteiger partial charge in [-0.3, -0.25) is 4.99 Å². The first kappa shape index (κ1) is 33.0. The summed E-state index contributed by atoms with van der Waals surface area (Å²) < 4.78 is 0. The van der Waals surface area contributed by atoms with Gasteiger partial charge < -0.3 is 5.32 Å². The van der Waals surface area contributed by atoms with Crippen LogP contribution in [0.4, 0.5) is 0 Å². The molecule has 0 fully saturated rings. The van der Waals surface area contributed by atoms with Gasteiger partial charge in [-0.25, -0.2) is 9.97 Å². The first-order valence-corrected chi connectivity index (χ1v) is 18.5. The topological polar surface area (TPSA) is 50.2 Å². The fourth-order valence-corrected chi connectivity index (χ4v) is 7.19. The van der Waals surface area contributed by atoms with Crippen molar-refractivity contribution in [2.24, 2.45) is 4.99 Å². The molecule has 1 aromatic heterocycles. The summed E-state index contributed by atoms with van der Waals surface area (Å²) >= 11 is 0. The number of aromatic nitrogens is 2. The lowest BCUT2D eigenvalue weighted by Crippen LogP contribution is -2.09. The molecule has 0 aliphatic carbocycles. The lowest BCUT2D eigenvalue weighted by atomic mass is 9.91. The first-order chi connectivity index (χ1) is 26.7. The van der Waals surface area contributed by atoms with Gasteiger partial charge in [0, 0.05) is 24.9 Å². The molecule has 0 unspecified atom stereocenters. The molecular weight excluding hydrogens is 657 g/mol. The van der Waals surface area contributed by atoms with Gasteiger partial charge in [-0.05, 0) is 128 Å². The van der Waals surface area contributed by atoms with Crippen molar-refractivity contribution in [2.45, 2.75) is 6.42 Å². The molecule has 0 amide bonds. The van der Waals surface area contributed by atoms with Crippen molar-refractivity contribution in [3.63, 3.8) is 0 Å². The summed E-state index contributed by atoms with van der Waals surface area (Å²) in [6.07, 6.45) is 11.1. The number of hydrogen-bond acceptors (Lipinski definition) is 4. The van der Waals surface area contributed by atoms with E-state index in [1.807, 2.05) is 12.4 Å². The lowest BCUT2D eigenvalue weighted by molar-refractivity contribution is 0.971. The summed E-state index contributed by atoms with van der Waals surface area (Å²) in [4.78, 5) is 14.6. The molecule has 9 rings (SSSR count). The van der Waals surface area contributed by atoms with Gasteiger partial charge in [0.05, 0.1) is 11.4 Å². The summed E-state index contributed by atoms with van der Waals surface area (Å²) in [6.45, 7) is 1.55. The van der Waals surface area contributed by atoms with Crippen molar-refractivity contribution >= 4 is 17.4 Å². The van der Waals surface area contributed by atoms with Crippen LogP contribution in [0.3, 0.4) is 0 Å². The Kier molecular flexibility index (Phi) is 9.14. The quantitative estimate of drug-likeness (QED) is 0.172. The van der Waals surface area contributed by atoms with E-state index in [1.54, 1.807) is 0 Å². The predicted molar refractivity (Wildman–Crippen MR) is 226 cm³/mol. The third-order valence-electron chi connectivity index (χ3n) is 10.1. The van der Waals surface area contributed by atoms with Crippen LogP contribution in [0.2, 0.25) is 0 Å². The smallest absolute Gasteiger partial charge is 0.160 e. The van der Waals surface area contributed by atoms with E-state index in [0.717, 1.165) is 59.0 Å². The second-order valence-corrected chi connectivity index (χ2v) is 13.6. The summed E-state index contributed by atoms with van der Waals surface area (Å²) in [5.41, 5.74) is 16.9. The Hall–Kier alpha value is -6.91. The average molecular weight is 695 g/mol. The molecule has 1 N–H and O–H groups in total. The second-order valence-electron chi connectivity index (χ2n) is 13.6. The van der Waals surface area contributed by atoms with Crippen molar-refractivity contribution in [3.8, 4) is 67.0 Å². The van der Waals surface area contributed by atoms with E-state index in [0.29, 0.717) is 0 Å². The first-order valence-electron chi connectivity index (χ1n) is 18.5. The van der Waals surface area contributed by atoms with Crippen molar-refractivity contribution in [2.75, 3.05) is 13.1 Å². The van der Waals surface area contributed by atoms with E-state index in [2.05, 4.69) is 186 Å². The molecule has 2 aliphatic heterocycles. The minimum atomic E-state index is 0.718. The lowest BCUT2D eigenvalue weighted by Gasteiger charge is -2.15. The molecule has 4 heteroatoms. The highest BCUT2D eigenvalue weighted by Gasteiger charge is 2.15. The zero-order valence-corrected chi connectivity index (χ0v) is 29.9. The molecule has 4 nitrogen and oxygen atoms in total. The van der Waals surface area contributed by atoms with Crippen LogP contribution in [0.15, 0.2) is 187 Å². The number of allylic oxidation sites excluding steroid dienone is 3. The number of rotatable bonds is 8. The van der Waals surface area contributed by atoms with Crippen LogP contribution in [0.25, 0.3) is 78.2 Å². The maximum atomic E-state index is 5.09. The molecule has 0 bridgehead atoms. The Balaban J connectivity index is 1.13. The van der Waals surface area contributed by atoms with Gasteiger partial charge in [0.2, 0.25) is 0 Å². The number of aliphatic imine (C=N–C) groups is 1. The minimum Gasteiger partial charge on any atom is -0.387 e. The highest BCUT2D eigenvalue weighted by atomic mass is 14.9. The molecule has 0 spiro atoms. The number of benzene rings is 6. The maximum Gasteiger partial charge on any atom is 0.160 e. The second kappa shape index (κ2) is 15.0. The Morgan fingerprint density at radius 1 is 0.444 bits per heavy atom. The summed E-state index contributed by atoms with van der Waals surface area (Å²) in [6, 6.07) is 56.6. The van der Waals surface area contributed by atoms with Crippen LogP contribution in [0.5, 0.6) is 0 Å². The van der Waals surface area contributed by atoms with E-state index in [4.69, 9.17) is 9.97 Å². The number of dihydropyridines is 2. The van der Waals surface area contributed by atoms with Gasteiger partial charge in [-0.2, -0.15) is 0 Å². The van der Waals surface area contributed by atoms with Crippen LogP contribution in [-0.2, 0) is 0 Å². The average Bonchev–Trinajstić information content (AvgIpc) is 3.27. The van der Waals surface area contributed by atoms with Crippen molar-refractivity contribution in [1.82, 2.24) is 15.3 Å². The number of nitrogens with zero attached hydrogens (tertiary/aromatic N) is 3. The van der Waals surface area contributed by atoms with Crippen LogP contribution < -0.4 is 5.32 Å².